The third-order valence-electron chi connectivity index (χ3n) is 3.82. The lowest BCUT2D eigenvalue weighted by molar-refractivity contribution is 1.03. The lowest BCUT2D eigenvalue weighted by atomic mass is 10.2. The van der Waals surface area contributed by atoms with E-state index < -0.39 is 0 Å². The molecule has 0 amide bonds. The maximum absolute atomic E-state index is 4.73. The van der Waals surface area contributed by atoms with Crippen LogP contribution in [0.2, 0.25) is 0 Å². The molecule has 0 radical (unpaired) electrons. The van der Waals surface area contributed by atoms with Gasteiger partial charge in [0.1, 0.15) is 11.5 Å². The Labute approximate surface area is 139 Å². The van der Waals surface area contributed by atoms with Crippen molar-refractivity contribution < 1.29 is 0 Å². The Balaban J connectivity index is 1.75. The van der Waals surface area contributed by atoms with Crippen LogP contribution >= 0.6 is 0 Å². The fourth-order valence-electron chi connectivity index (χ4n) is 2.67. The highest BCUT2D eigenvalue weighted by atomic mass is 15.1. The molecule has 3 heterocycles. The number of H-pyrrole nitrogens is 1. The van der Waals surface area contributed by atoms with Gasteiger partial charge in [0.25, 0.3) is 0 Å². The van der Waals surface area contributed by atoms with Gasteiger partial charge >= 0.3 is 0 Å². The van der Waals surface area contributed by atoms with E-state index in [0.717, 1.165) is 33.8 Å². The summed E-state index contributed by atoms with van der Waals surface area (Å²) in [6, 6.07) is 17.9. The smallest absolute Gasteiger partial charge is 0.163 e. The Morgan fingerprint density at radius 1 is 1.00 bits per heavy atom. The molecule has 1 aromatic carbocycles. The quantitative estimate of drug-likeness (QED) is 0.598. The number of aryl methyl sites for hydroxylation is 1. The number of pyridine rings is 1. The van der Waals surface area contributed by atoms with Gasteiger partial charge in [0.05, 0.1) is 17.6 Å². The zero-order chi connectivity index (χ0) is 16.4. The lowest BCUT2D eigenvalue weighted by Gasteiger charge is -2.08. The molecule has 4 aromatic rings. The summed E-state index contributed by atoms with van der Waals surface area (Å²) in [5, 5.41) is 4.38. The molecule has 0 bridgehead atoms. The first-order chi connectivity index (χ1) is 11.8. The Hall–Kier alpha value is -3.21. The number of fused-ring (bicyclic) bond motifs is 1. The van der Waals surface area contributed by atoms with Gasteiger partial charge in [-0.2, -0.15) is 0 Å². The number of anilines is 1. The summed E-state index contributed by atoms with van der Waals surface area (Å²) < 4.78 is 0. The number of rotatable bonds is 4. The third kappa shape index (κ3) is 2.84. The van der Waals surface area contributed by atoms with Crippen molar-refractivity contribution in [2.24, 2.45) is 0 Å². The van der Waals surface area contributed by atoms with Crippen LogP contribution in [-0.2, 0) is 6.54 Å². The predicted molar refractivity (Wildman–Crippen MR) is 95.6 cm³/mol. The van der Waals surface area contributed by atoms with Crippen LogP contribution in [0.1, 0.15) is 11.4 Å². The first-order valence-corrected chi connectivity index (χ1v) is 7.86. The van der Waals surface area contributed by atoms with Gasteiger partial charge in [-0.1, -0.05) is 36.4 Å². The summed E-state index contributed by atoms with van der Waals surface area (Å²) in [7, 11) is 0. The van der Waals surface area contributed by atoms with E-state index in [1.54, 1.807) is 6.20 Å². The maximum atomic E-state index is 4.73. The highest BCUT2D eigenvalue weighted by Gasteiger charge is 2.11. The topological polar surface area (TPSA) is 66.5 Å². The molecule has 0 atom stereocenters. The second-order valence-electron chi connectivity index (χ2n) is 5.65. The highest BCUT2D eigenvalue weighted by molar-refractivity contribution is 5.89. The molecule has 0 unspecified atom stereocenters. The average Bonchev–Trinajstić information content (AvgIpc) is 3.01. The van der Waals surface area contributed by atoms with Crippen molar-refractivity contribution in [3.8, 4) is 11.4 Å². The standard InChI is InChI=1S/C19H17N5/c1-13-11-16-18(21-12-15-9-5-6-10-20-15)23-17(24-19(16)22-13)14-7-3-2-4-8-14/h2-11H,12H2,1H3,(H2,21,22,23,24). The first kappa shape index (κ1) is 14.4. The normalized spacial score (nSPS) is 10.9. The fourth-order valence-corrected chi connectivity index (χ4v) is 2.67. The number of hydrogen-bond acceptors (Lipinski definition) is 4. The van der Waals surface area contributed by atoms with Crippen molar-refractivity contribution >= 4 is 16.9 Å². The van der Waals surface area contributed by atoms with Crippen molar-refractivity contribution in [2.75, 3.05) is 5.32 Å². The van der Waals surface area contributed by atoms with E-state index in [0.29, 0.717) is 12.4 Å². The van der Waals surface area contributed by atoms with E-state index in [-0.39, 0.29) is 0 Å². The monoisotopic (exact) mass is 315 g/mol. The largest absolute Gasteiger partial charge is 0.364 e. The van der Waals surface area contributed by atoms with Gasteiger partial charge in [-0.3, -0.25) is 4.98 Å². The molecule has 0 spiro atoms. The molecule has 5 heteroatoms. The number of hydrogen-bond donors (Lipinski definition) is 2. The van der Waals surface area contributed by atoms with Crippen LogP contribution < -0.4 is 5.32 Å². The molecular weight excluding hydrogens is 298 g/mol. The summed E-state index contributed by atoms with van der Waals surface area (Å²) >= 11 is 0. The summed E-state index contributed by atoms with van der Waals surface area (Å²) in [6.07, 6.45) is 1.79. The summed E-state index contributed by atoms with van der Waals surface area (Å²) in [6.45, 7) is 2.64. The SMILES string of the molecule is Cc1cc2c(NCc3ccccn3)nc(-c3ccccc3)nc2[nH]1. The Kier molecular flexibility index (Phi) is 3.67. The molecule has 24 heavy (non-hydrogen) atoms. The number of aromatic amines is 1. The third-order valence-corrected chi connectivity index (χ3v) is 3.82. The second kappa shape index (κ2) is 6.12. The molecule has 5 nitrogen and oxygen atoms in total. The number of nitrogens with one attached hydrogen (secondary N) is 2. The van der Waals surface area contributed by atoms with Crippen LogP contribution in [0.15, 0.2) is 60.8 Å². The van der Waals surface area contributed by atoms with Gasteiger partial charge in [0.2, 0.25) is 0 Å². The van der Waals surface area contributed by atoms with E-state index in [2.05, 4.69) is 26.3 Å². The molecule has 0 saturated heterocycles. The van der Waals surface area contributed by atoms with E-state index in [4.69, 9.17) is 4.98 Å². The van der Waals surface area contributed by atoms with E-state index in [1.807, 2.05) is 55.5 Å². The van der Waals surface area contributed by atoms with E-state index in [1.165, 1.54) is 0 Å². The van der Waals surface area contributed by atoms with Gasteiger partial charge < -0.3 is 10.3 Å². The molecule has 0 fully saturated rings. The summed E-state index contributed by atoms with van der Waals surface area (Å²) in [4.78, 5) is 17.0. The average molecular weight is 315 g/mol. The van der Waals surface area contributed by atoms with Crippen LogP contribution in [0.4, 0.5) is 5.82 Å². The maximum Gasteiger partial charge on any atom is 0.163 e. The molecule has 0 aliphatic rings. The first-order valence-electron chi connectivity index (χ1n) is 7.86. The number of benzene rings is 1. The van der Waals surface area contributed by atoms with Crippen LogP contribution in [0, 0.1) is 6.92 Å². The number of aromatic nitrogens is 4. The highest BCUT2D eigenvalue weighted by Crippen LogP contribution is 2.25. The van der Waals surface area contributed by atoms with Crippen LogP contribution in [0.3, 0.4) is 0 Å². The van der Waals surface area contributed by atoms with Gasteiger partial charge in [0.15, 0.2) is 5.82 Å². The van der Waals surface area contributed by atoms with E-state index >= 15 is 0 Å². The molecule has 118 valence electrons. The Morgan fingerprint density at radius 2 is 1.83 bits per heavy atom. The minimum absolute atomic E-state index is 0.616. The van der Waals surface area contributed by atoms with Crippen LogP contribution in [0.25, 0.3) is 22.4 Å². The van der Waals surface area contributed by atoms with Gasteiger partial charge in [-0.25, -0.2) is 9.97 Å². The van der Waals surface area contributed by atoms with Gasteiger partial charge in [-0.05, 0) is 25.1 Å². The number of nitrogens with zero attached hydrogens (tertiary/aromatic N) is 3. The predicted octanol–water partition coefficient (Wildman–Crippen LogP) is 3.94. The Morgan fingerprint density at radius 3 is 2.62 bits per heavy atom. The van der Waals surface area contributed by atoms with Crippen molar-refractivity contribution in [1.82, 2.24) is 19.9 Å². The van der Waals surface area contributed by atoms with Crippen molar-refractivity contribution in [1.29, 1.82) is 0 Å². The van der Waals surface area contributed by atoms with Gasteiger partial charge in [0, 0.05) is 17.5 Å². The van der Waals surface area contributed by atoms with Crippen molar-refractivity contribution in [3.63, 3.8) is 0 Å². The van der Waals surface area contributed by atoms with Crippen molar-refractivity contribution in [2.45, 2.75) is 13.5 Å². The minimum atomic E-state index is 0.616. The van der Waals surface area contributed by atoms with Crippen molar-refractivity contribution in [3.05, 3.63) is 72.2 Å². The molecule has 0 aliphatic heterocycles. The molecule has 0 aliphatic carbocycles. The minimum Gasteiger partial charge on any atom is -0.364 e. The summed E-state index contributed by atoms with van der Waals surface area (Å²) in [5.74, 6) is 1.52. The Bertz CT molecular complexity index is 961. The molecule has 2 N–H and O–H groups in total. The fraction of sp³-hybridized carbons (Fsp3) is 0.105. The molecule has 0 saturated carbocycles. The lowest BCUT2D eigenvalue weighted by Crippen LogP contribution is -2.05. The molecule has 4 rings (SSSR count). The second-order valence-corrected chi connectivity index (χ2v) is 5.65. The molecular formula is C19H17N5. The van der Waals surface area contributed by atoms with Gasteiger partial charge in [-0.15, -0.1) is 0 Å². The zero-order valence-electron chi connectivity index (χ0n) is 13.3. The van der Waals surface area contributed by atoms with Crippen LogP contribution in [0.5, 0.6) is 0 Å². The molecule has 3 aromatic heterocycles. The zero-order valence-corrected chi connectivity index (χ0v) is 13.3. The van der Waals surface area contributed by atoms with Crippen LogP contribution in [-0.4, -0.2) is 19.9 Å². The summed E-state index contributed by atoms with van der Waals surface area (Å²) in [5.41, 5.74) is 3.86. The van der Waals surface area contributed by atoms with E-state index in [9.17, 15) is 0 Å².